The smallest absolute Gasteiger partial charge is 0.251 e. The summed E-state index contributed by atoms with van der Waals surface area (Å²) in [6.07, 6.45) is 5.36. The van der Waals surface area contributed by atoms with E-state index in [-0.39, 0.29) is 11.9 Å². The predicted molar refractivity (Wildman–Crippen MR) is 120 cm³/mol. The van der Waals surface area contributed by atoms with Gasteiger partial charge in [0.2, 0.25) is 0 Å². The van der Waals surface area contributed by atoms with Gasteiger partial charge in [-0.3, -0.25) is 4.79 Å². The van der Waals surface area contributed by atoms with Crippen LogP contribution in [0, 0.1) is 0 Å². The van der Waals surface area contributed by atoms with Crippen molar-refractivity contribution in [2.75, 3.05) is 0 Å². The molecule has 29 heavy (non-hydrogen) atoms. The lowest BCUT2D eigenvalue weighted by atomic mass is 10.0. The van der Waals surface area contributed by atoms with Gasteiger partial charge >= 0.3 is 0 Å². The second-order valence-corrected chi connectivity index (χ2v) is 7.20. The molecule has 0 aliphatic rings. The van der Waals surface area contributed by atoms with Crippen LogP contribution in [-0.4, -0.2) is 16.9 Å². The minimum Gasteiger partial charge on any atom is -0.361 e. The van der Waals surface area contributed by atoms with Crippen LogP contribution in [0.3, 0.4) is 0 Å². The fraction of sp³-hybridized carbons (Fsp3) is 0.115. The van der Waals surface area contributed by atoms with E-state index < -0.39 is 0 Å². The molecule has 1 atom stereocenters. The molecule has 3 heteroatoms. The van der Waals surface area contributed by atoms with Crippen molar-refractivity contribution in [3.05, 3.63) is 109 Å². The van der Waals surface area contributed by atoms with Crippen LogP contribution in [0.15, 0.2) is 97.7 Å². The summed E-state index contributed by atoms with van der Waals surface area (Å²) < 4.78 is 0. The van der Waals surface area contributed by atoms with Gasteiger partial charge in [0.15, 0.2) is 0 Å². The van der Waals surface area contributed by atoms with Crippen molar-refractivity contribution in [2.45, 2.75) is 18.9 Å². The molecule has 1 heterocycles. The van der Waals surface area contributed by atoms with E-state index in [1.54, 1.807) is 0 Å². The number of carbonyl (C=O) groups is 1. The maximum atomic E-state index is 12.8. The van der Waals surface area contributed by atoms with E-state index in [1.165, 1.54) is 10.9 Å². The van der Waals surface area contributed by atoms with Crippen LogP contribution in [0.25, 0.3) is 22.0 Å². The molecule has 3 nitrogen and oxygen atoms in total. The van der Waals surface area contributed by atoms with E-state index >= 15 is 0 Å². The van der Waals surface area contributed by atoms with Crippen molar-refractivity contribution in [3.8, 4) is 11.1 Å². The van der Waals surface area contributed by atoms with Crippen LogP contribution in [-0.2, 0) is 6.42 Å². The normalized spacial score (nSPS) is 11.9. The number of hydrogen-bond donors (Lipinski definition) is 2. The van der Waals surface area contributed by atoms with Crippen LogP contribution in [0.1, 0.15) is 22.3 Å². The second-order valence-electron chi connectivity index (χ2n) is 7.20. The third kappa shape index (κ3) is 4.30. The third-order valence-corrected chi connectivity index (χ3v) is 5.18. The average Bonchev–Trinajstić information content (AvgIpc) is 3.17. The summed E-state index contributed by atoms with van der Waals surface area (Å²) in [5, 5.41) is 4.37. The largest absolute Gasteiger partial charge is 0.361 e. The molecule has 0 bridgehead atoms. The zero-order valence-electron chi connectivity index (χ0n) is 16.3. The Labute approximate surface area is 171 Å². The van der Waals surface area contributed by atoms with Crippen molar-refractivity contribution >= 4 is 16.8 Å². The molecule has 0 fully saturated rings. The number of aromatic amines is 1. The number of amides is 1. The van der Waals surface area contributed by atoms with Gasteiger partial charge in [0, 0.05) is 28.7 Å². The molecule has 0 saturated carbocycles. The maximum absolute atomic E-state index is 12.8. The fourth-order valence-electron chi connectivity index (χ4n) is 3.67. The van der Waals surface area contributed by atoms with Crippen molar-refractivity contribution in [1.82, 2.24) is 10.3 Å². The molecule has 0 aliphatic carbocycles. The highest BCUT2D eigenvalue weighted by Gasteiger charge is 2.15. The first-order valence-corrected chi connectivity index (χ1v) is 9.87. The van der Waals surface area contributed by atoms with E-state index in [1.807, 2.05) is 66.9 Å². The van der Waals surface area contributed by atoms with Gasteiger partial charge in [0.05, 0.1) is 0 Å². The van der Waals surface area contributed by atoms with E-state index in [2.05, 4.69) is 41.1 Å². The highest BCUT2D eigenvalue weighted by molar-refractivity contribution is 5.95. The van der Waals surface area contributed by atoms with Crippen LogP contribution >= 0.6 is 0 Å². The highest BCUT2D eigenvalue weighted by Crippen LogP contribution is 2.21. The Morgan fingerprint density at radius 2 is 1.62 bits per heavy atom. The highest BCUT2D eigenvalue weighted by atomic mass is 16.1. The summed E-state index contributed by atoms with van der Waals surface area (Å²) in [6.45, 7) is 3.86. The van der Waals surface area contributed by atoms with E-state index in [0.29, 0.717) is 12.0 Å². The van der Waals surface area contributed by atoms with E-state index in [4.69, 9.17) is 0 Å². The molecule has 0 spiro atoms. The minimum absolute atomic E-state index is 0.00648. The van der Waals surface area contributed by atoms with E-state index in [9.17, 15) is 4.79 Å². The number of nitrogens with one attached hydrogen (secondary N) is 2. The molecule has 3 aromatic carbocycles. The summed E-state index contributed by atoms with van der Waals surface area (Å²) in [5.74, 6) is -0.0590. The molecule has 0 saturated heterocycles. The number of fused-ring (bicyclic) bond motifs is 1. The number of aromatic nitrogens is 1. The van der Waals surface area contributed by atoms with Crippen LogP contribution in [0.2, 0.25) is 0 Å². The SMILES string of the molecule is C=CCC(Cc1c[nH]c2ccccc12)NC(=O)c1ccc(-c2ccccc2)cc1. The minimum atomic E-state index is -0.0590. The van der Waals surface area contributed by atoms with Gasteiger partial charge in [-0.1, -0.05) is 66.7 Å². The quantitative estimate of drug-likeness (QED) is 0.394. The first-order valence-electron chi connectivity index (χ1n) is 9.87. The fourth-order valence-corrected chi connectivity index (χ4v) is 3.67. The lowest BCUT2D eigenvalue weighted by molar-refractivity contribution is 0.0937. The summed E-state index contributed by atoms with van der Waals surface area (Å²) >= 11 is 0. The number of rotatable bonds is 7. The molecule has 4 rings (SSSR count). The van der Waals surface area contributed by atoms with Crippen molar-refractivity contribution in [1.29, 1.82) is 0 Å². The van der Waals surface area contributed by atoms with Gasteiger partial charge in [-0.25, -0.2) is 0 Å². The number of H-pyrrole nitrogens is 1. The molecular formula is C26H24N2O. The number of benzene rings is 3. The summed E-state index contributed by atoms with van der Waals surface area (Å²) in [4.78, 5) is 16.1. The molecule has 4 aromatic rings. The topological polar surface area (TPSA) is 44.9 Å². The molecule has 144 valence electrons. The third-order valence-electron chi connectivity index (χ3n) is 5.18. The van der Waals surface area contributed by atoms with Crippen molar-refractivity contribution in [3.63, 3.8) is 0 Å². The lowest BCUT2D eigenvalue weighted by Crippen LogP contribution is -2.36. The zero-order valence-corrected chi connectivity index (χ0v) is 16.3. The summed E-state index contributed by atoms with van der Waals surface area (Å²) in [5.41, 5.74) is 5.22. The Balaban J connectivity index is 1.48. The zero-order chi connectivity index (χ0) is 20.1. The van der Waals surface area contributed by atoms with E-state index in [0.717, 1.165) is 23.1 Å². The van der Waals surface area contributed by atoms with Gasteiger partial charge < -0.3 is 10.3 Å². The van der Waals surface area contributed by atoms with Gasteiger partial charge in [-0.2, -0.15) is 0 Å². The Kier molecular flexibility index (Phi) is 5.57. The number of hydrogen-bond acceptors (Lipinski definition) is 1. The molecule has 2 N–H and O–H groups in total. The molecule has 0 aliphatic heterocycles. The summed E-state index contributed by atoms with van der Waals surface area (Å²) in [6, 6.07) is 26.1. The van der Waals surface area contributed by atoms with Gasteiger partial charge in [-0.15, -0.1) is 6.58 Å². The Bertz CT molecular complexity index is 1110. The van der Waals surface area contributed by atoms with Crippen molar-refractivity contribution < 1.29 is 4.79 Å². The molecule has 1 aromatic heterocycles. The molecular weight excluding hydrogens is 356 g/mol. The second kappa shape index (κ2) is 8.61. The monoisotopic (exact) mass is 380 g/mol. The van der Waals surface area contributed by atoms with Gasteiger partial charge in [0.1, 0.15) is 0 Å². The predicted octanol–water partition coefficient (Wildman–Crippen LogP) is 5.75. The van der Waals surface area contributed by atoms with Crippen LogP contribution in [0.5, 0.6) is 0 Å². The summed E-state index contributed by atoms with van der Waals surface area (Å²) in [7, 11) is 0. The average molecular weight is 380 g/mol. The van der Waals surface area contributed by atoms with Gasteiger partial charge in [-0.05, 0) is 47.7 Å². The Hall–Kier alpha value is -3.59. The Morgan fingerprint density at radius 1 is 0.931 bits per heavy atom. The number of carbonyl (C=O) groups excluding carboxylic acids is 1. The Morgan fingerprint density at radius 3 is 2.38 bits per heavy atom. The molecule has 0 radical (unpaired) electrons. The maximum Gasteiger partial charge on any atom is 0.251 e. The van der Waals surface area contributed by atoms with Crippen LogP contribution < -0.4 is 5.32 Å². The molecule has 1 unspecified atom stereocenters. The lowest BCUT2D eigenvalue weighted by Gasteiger charge is -2.17. The first kappa shape index (κ1) is 18.8. The van der Waals surface area contributed by atoms with Crippen molar-refractivity contribution in [2.24, 2.45) is 0 Å². The number of para-hydroxylation sites is 1. The first-order chi connectivity index (χ1) is 14.2. The molecule has 1 amide bonds. The van der Waals surface area contributed by atoms with Gasteiger partial charge in [0.25, 0.3) is 5.91 Å². The standard InChI is InChI=1S/C26H24N2O/c1-2-8-23(17-22-18-27-25-12-7-6-11-24(22)25)28-26(29)21-15-13-20(14-16-21)19-9-4-3-5-10-19/h2-7,9-16,18,23,27H,1,8,17H2,(H,28,29). The van der Waals surface area contributed by atoms with Crippen LogP contribution in [0.4, 0.5) is 0 Å².